The quantitative estimate of drug-likeness (QED) is 0.447. The first kappa shape index (κ1) is 24.5. The monoisotopic (exact) mass is 487 g/mol. The van der Waals surface area contributed by atoms with Crippen molar-refractivity contribution in [2.45, 2.75) is 31.8 Å². The van der Waals surface area contributed by atoms with Crippen molar-refractivity contribution in [1.29, 1.82) is 5.26 Å². The highest BCUT2D eigenvalue weighted by Gasteiger charge is 2.29. The normalized spacial score (nSPS) is 16.2. The Balaban J connectivity index is 1.63. The van der Waals surface area contributed by atoms with Gasteiger partial charge < -0.3 is 9.84 Å². The van der Waals surface area contributed by atoms with Gasteiger partial charge in [-0.25, -0.2) is 0 Å². The number of carbonyl (C=O) groups is 1. The minimum atomic E-state index is -0.798. The van der Waals surface area contributed by atoms with Crippen LogP contribution in [-0.2, 0) is 11.3 Å². The Hall–Kier alpha value is -3.66. The molecule has 1 N–H and O–H groups in total. The molecule has 4 rings (SSSR count). The van der Waals surface area contributed by atoms with Gasteiger partial charge in [0.25, 0.3) is 0 Å². The maximum absolute atomic E-state index is 11.7. The second-order valence-corrected chi connectivity index (χ2v) is 8.84. The molecule has 1 aliphatic rings. The van der Waals surface area contributed by atoms with Crippen LogP contribution in [0.2, 0.25) is 5.02 Å². The van der Waals surface area contributed by atoms with E-state index in [-0.39, 0.29) is 0 Å². The van der Waals surface area contributed by atoms with E-state index in [1.807, 2.05) is 59.5 Å². The number of hydrogen-bond donors (Lipinski definition) is 1. The lowest BCUT2D eigenvalue weighted by molar-refractivity contribution is -0.144. The summed E-state index contributed by atoms with van der Waals surface area (Å²) < 4.78 is 5.62. The molecular weight excluding hydrogens is 462 g/mol. The predicted molar refractivity (Wildman–Crippen MR) is 137 cm³/mol. The molecule has 178 valence electrons. The zero-order valence-corrected chi connectivity index (χ0v) is 20.2. The summed E-state index contributed by atoms with van der Waals surface area (Å²) in [5, 5.41) is 19.9. The molecule has 7 heteroatoms. The summed E-state index contributed by atoms with van der Waals surface area (Å²) in [6.45, 7) is 1.17. The molecule has 0 bridgehead atoms. The molecular formula is C28H26ClN3O3. The summed E-state index contributed by atoms with van der Waals surface area (Å²) in [4.78, 5) is 18.0. The third kappa shape index (κ3) is 5.54. The number of benzene rings is 2. The number of rotatable bonds is 7. The highest BCUT2D eigenvalue weighted by atomic mass is 35.5. The van der Waals surface area contributed by atoms with Crippen LogP contribution in [-0.4, -0.2) is 40.7 Å². The van der Waals surface area contributed by atoms with Gasteiger partial charge in [0.15, 0.2) is 0 Å². The van der Waals surface area contributed by atoms with Crippen LogP contribution in [0.5, 0.6) is 5.75 Å². The summed E-state index contributed by atoms with van der Waals surface area (Å²) in [6.07, 6.45) is 7.80. The summed E-state index contributed by atoms with van der Waals surface area (Å²) in [6, 6.07) is 17.0. The first-order valence-electron chi connectivity index (χ1n) is 11.5. The van der Waals surface area contributed by atoms with Crippen LogP contribution in [0.15, 0.2) is 54.7 Å². The van der Waals surface area contributed by atoms with Crippen LogP contribution in [0, 0.1) is 11.3 Å². The molecule has 35 heavy (non-hydrogen) atoms. The molecule has 0 saturated carbocycles. The Morgan fingerprint density at radius 3 is 2.77 bits per heavy atom. The summed E-state index contributed by atoms with van der Waals surface area (Å²) in [7, 11) is 1.59. The van der Waals surface area contributed by atoms with Crippen molar-refractivity contribution < 1.29 is 14.6 Å². The van der Waals surface area contributed by atoms with Crippen LogP contribution in [0.25, 0.3) is 23.3 Å². The van der Waals surface area contributed by atoms with Crippen molar-refractivity contribution in [3.8, 4) is 22.9 Å². The predicted octanol–water partition coefficient (Wildman–Crippen LogP) is 5.89. The summed E-state index contributed by atoms with van der Waals surface area (Å²) >= 11 is 6.61. The van der Waals surface area contributed by atoms with Crippen molar-refractivity contribution in [3.63, 3.8) is 0 Å². The number of ether oxygens (including phenoxy) is 1. The molecule has 0 radical (unpaired) electrons. The number of aromatic nitrogens is 1. The van der Waals surface area contributed by atoms with Crippen molar-refractivity contribution in [1.82, 2.24) is 9.88 Å². The van der Waals surface area contributed by atoms with Gasteiger partial charge in [0.2, 0.25) is 0 Å². The van der Waals surface area contributed by atoms with Gasteiger partial charge in [-0.1, -0.05) is 54.4 Å². The second-order valence-electron chi connectivity index (χ2n) is 8.44. The van der Waals surface area contributed by atoms with Gasteiger partial charge in [0, 0.05) is 28.9 Å². The third-order valence-electron chi connectivity index (χ3n) is 6.27. The average molecular weight is 488 g/mol. The van der Waals surface area contributed by atoms with Crippen LogP contribution in [0.1, 0.15) is 41.6 Å². The van der Waals surface area contributed by atoms with Crippen molar-refractivity contribution in [2.24, 2.45) is 0 Å². The number of pyridine rings is 1. The maximum Gasteiger partial charge on any atom is 0.320 e. The molecule has 6 nitrogen and oxygen atoms in total. The van der Waals surface area contributed by atoms with Crippen LogP contribution in [0.4, 0.5) is 0 Å². The molecule has 0 unspecified atom stereocenters. The molecule has 1 aromatic heterocycles. The van der Waals surface area contributed by atoms with Gasteiger partial charge in [-0.15, -0.1) is 0 Å². The largest absolute Gasteiger partial charge is 0.496 e. The first-order chi connectivity index (χ1) is 17.0. The molecule has 0 aliphatic carbocycles. The molecule has 1 aliphatic heterocycles. The molecule has 1 fully saturated rings. The average Bonchev–Trinajstić information content (AvgIpc) is 2.88. The first-order valence-corrected chi connectivity index (χ1v) is 11.9. The third-order valence-corrected chi connectivity index (χ3v) is 6.60. The fraction of sp³-hybridized carbons (Fsp3) is 0.250. The Kier molecular flexibility index (Phi) is 7.81. The Morgan fingerprint density at radius 1 is 1.26 bits per heavy atom. The van der Waals surface area contributed by atoms with E-state index in [9.17, 15) is 15.2 Å². The minimum Gasteiger partial charge on any atom is -0.496 e. The zero-order chi connectivity index (χ0) is 24.8. The number of halogens is 1. The standard InChI is InChI=1S/C28H26ClN3O3/c1-35-27-16-20(24(29)15-21(27)18-32-14-6-5-9-26(32)28(33)34)10-11-25-23(17-30)22(12-13-31-25)19-7-3-2-4-8-19/h2-4,7-8,10-13,15-16,26H,5-6,9,14,18H2,1H3,(H,33,34)/b11-10+/t26-/m0/s1. The highest BCUT2D eigenvalue weighted by Crippen LogP contribution is 2.32. The number of piperidine rings is 1. The van der Waals surface area contributed by atoms with Crippen LogP contribution >= 0.6 is 11.6 Å². The van der Waals surface area contributed by atoms with E-state index in [2.05, 4.69) is 11.1 Å². The number of carboxylic acids is 1. The van der Waals surface area contributed by atoms with E-state index in [1.54, 1.807) is 19.4 Å². The zero-order valence-electron chi connectivity index (χ0n) is 19.4. The van der Waals surface area contributed by atoms with E-state index in [1.165, 1.54) is 0 Å². The molecule has 2 aromatic carbocycles. The fourth-order valence-electron chi connectivity index (χ4n) is 4.48. The van der Waals surface area contributed by atoms with Gasteiger partial charge in [-0.2, -0.15) is 5.26 Å². The molecule has 1 atom stereocenters. The molecule has 1 saturated heterocycles. The number of likely N-dealkylation sites (tertiary alicyclic amines) is 1. The minimum absolute atomic E-state index is 0.448. The van der Waals surface area contributed by atoms with Gasteiger partial charge >= 0.3 is 5.97 Å². The second kappa shape index (κ2) is 11.2. The van der Waals surface area contributed by atoms with Crippen molar-refractivity contribution in [3.05, 3.63) is 82.1 Å². The fourth-order valence-corrected chi connectivity index (χ4v) is 4.73. The van der Waals surface area contributed by atoms with E-state index in [0.29, 0.717) is 35.0 Å². The number of nitriles is 1. The Bertz CT molecular complexity index is 1280. The number of carboxylic acid groups (broad SMARTS) is 1. The molecule has 0 spiro atoms. The van der Waals surface area contributed by atoms with Crippen LogP contribution in [0.3, 0.4) is 0 Å². The summed E-state index contributed by atoms with van der Waals surface area (Å²) in [5.74, 6) is -0.164. The lowest BCUT2D eigenvalue weighted by Crippen LogP contribution is -2.44. The Morgan fingerprint density at radius 2 is 2.06 bits per heavy atom. The van der Waals surface area contributed by atoms with Gasteiger partial charge in [-0.3, -0.25) is 14.7 Å². The van der Waals surface area contributed by atoms with Gasteiger partial charge in [0.05, 0.1) is 18.4 Å². The highest BCUT2D eigenvalue weighted by molar-refractivity contribution is 6.32. The van der Waals surface area contributed by atoms with E-state index in [0.717, 1.165) is 41.6 Å². The van der Waals surface area contributed by atoms with Gasteiger partial charge in [0.1, 0.15) is 17.9 Å². The Labute approximate surface area is 210 Å². The SMILES string of the molecule is COc1cc(/C=C/c2nccc(-c3ccccc3)c2C#N)c(Cl)cc1CN1CCCC[C@H]1C(=O)O. The lowest BCUT2D eigenvalue weighted by atomic mass is 9.99. The number of hydrogen-bond acceptors (Lipinski definition) is 5. The van der Waals surface area contributed by atoms with Crippen molar-refractivity contribution in [2.75, 3.05) is 13.7 Å². The number of methoxy groups -OCH3 is 1. The molecule has 3 aromatic rings. The van der Waals surface area contributed by atoms with E-state index >= 15 is 0 Å². The van der Waals surface area contributed by atoms with E-state index in [4.69, 9.17) is 16.3 Å². The van der Waals surface area contributed by atoms with Crippen LogP contribution < -0.4 is 4.74 Å². The topological polar surface area (TPSA) is 86.5 Å². The van der Waals surface area contributed by atoms with Crippen molar-refractivity contribution >= 4 is 29.7 Å². The summed E-state index contributed by atoms with van der Waals surface area (Å²) in [5.41, 5.74) is 4.35. The van der Waals surface area contributed by atoms with Gasteiger partial charge in [-0.05, 0) is 54.8 Å². The molecule has 0 amide bonds. The van der Waals surface area contributed by atoms with E-state index < -0.39 is 12.0 Å². The smallest absolute Gasteiger partial charge is 0.320 e. The maximum atomic E-state index is 11.7. The molecule has 2 heterocycles. The number of nitrogens with zero attached hydrogens (tertiary/aromatic N) is 3. The lowest BCUT2D eigenvalue weighted by Gasteiger charge is -2.33. The number of aliphatic carboxylic acids is 1.